The van der Waals surface area contributed by atoms with Crippen molar-refractivity contribution in [2.75, 3.05) is 13.7 Å². The van der Waals surface area contributed by atoms with Crippen LogP contribution in [0.2, 0.25) is 0 Å². The average molecular weight is 352 g/mol. The Balaban J connectivity index is 1.84. The highest BCUT2D eigenvalue weighted by Crippen LogP contribution is 2.36. The van der Waals surface area contributed by atoms with Gasteiger partial charge in [-0.3, -0.25) is 9.88 Å². The molecule has 25 heavy (non-hydrogen) atoms. The average Bonchev–Trinajstić information content (AvgIpc) is 2.95. The molecule has 3 rings (SSSR count). The number of alkyl halides is 3. The predicted molar refractivity (Wildman–Crippen MR) is 86.0 cm³/mol. The summed E-state index contributed by atoms with van der Waals surface area (Å²) in [5.41, 5.74) is 0.616. The zero-order chi connectivity index (χ0) is 18.0. The van der Waals surface area contributed by atoms with Crippen LogP contribution in [0.5, 0.6) is 5.75 Å². The number of likely N-dealkylation sites (tertiary alicyclic amines) is 1. The van der Waals surface area contributed by atoms with E-state index in [1.807, 2.05) is 4.90 Å². The van der Waals surface area contributed by atoms with E-state index in [4.69, 9.17) is 4.74 Å². The van der Waals surface area contributed by atoms with Crippen LogP contribution in [0.15, 0.2) is 42.6 Å². The van der Waals surface area contributed by atoms with Crippen molar-refractivity contribution >= 4 is 0 Å². The van der Waals surface area contributed by atoms with Crippen molar-refractivity contribution in [2.45, 2.75) is 31.3 Å². The number of aromatic nitrogens is 1. The zero-order valence-electron chi connectivity index (χ0n) is 13.7. The van der Waals surface area contributed by atoms with E-state index < -0.39 is 17.8 Å². The first kappa shape index (κ1) is 17.7. The molecule has 0 spiro atoms. The molecular formula is C18H19F3N2O2. The molecule has 4 nitrogen and oxygen atoms in total. The van der Waals surface area contributed by atoms with Gasteiger partial charge in [-0.15, -0.1) is 0 Å². The third-order valence-electron chi connectivity index (χ3n) is 4.37. The predicted octanol–water partition coefficient (Wildman–Crippen LogP) is 3.42. The normalized spacial score (nSPS) is 21.5. The maximum Gasteiger partial charge on any atom is 0.416 e. The molecule has 7 heteroatoms. The molecule has 1 fully saturated rings. The fraction of sp³-hybridized carbons (Fsp3) is 0.389. The summed E-state index contributed by atoms with van der Waals surface area (Å²) in [7, 11) is 1.56. The highest BCUT2D eigenvalue weighted by molar-refractivity contribution is 5.29. The maximum atomic E-state index is 13.0. The third kappa shape index (κ3) is 4.11. The van der Waals surface area contributed by atoms with Gasteiger partial charge >= 0.3 is 6.18 Å². The molecule has 1 saturated heterocycles. The number of ether oxygens (including phenoxy) is 1. The van der Waals surface area contributed by atoms with Gasteiger partial charge in [0.1, 0.15) is 5.75 Å². The lowest BCUT2D eigenvalue weighted by Crippen LogP contribution is -2.25. The van der Waals surface area contributed by atoms with Gasteiger partial charge in [-0.2, -0.15) is 13.2 Å². The van der Waals surface area contributed by atoms with Crippen LogP contribution in [0, 0.1) is 0 Å². The second-order valence-electron chi connectivity index (χ2n) is 6.14. The Bertz CT molecular complexity index is 736. The Morgan fingerprint density at radius 1 is 1.28 bits per heavy atom. The smallest absolute Gasteiger partial charge is 0.416 e. The van der Waals surface area contributed by atoms with Crippen LogP contribution in [0.3, 0.4) is 0 Å². The number of halogens is 3. The van der Waals surface area contributed by atoms with E-state index in [0.717, 1.165) is 17.8 Å². The van der Waals surface area contributed by atoms with Gasteiger partial charge in [-0.25, -0.2) is 0 Å². The van der Waals surface area contributed by atoms with Crippen molar-refractivity contribution < 1.29 is 23.0 Å². The largest absolute Gasteiger partial charge is 0.497 e. The monoisotopic (exact) mass is 352 g/mol. The van der Waals surface area contributed by atoms with Gasteiger partial charge in [0.2, 0.25) is 0 Å². The van der Waals surface area contributed by atoms with Crippen LogP contribution >= 0.6 is 0 Å². The Hall–Kier alpha value is -2.12. The highest BCUT2D eigenvalue weighted by Gasteiger charge is 2.35. The number of pyridine rings is 1. The van der Waals surface area contributed by atoms with E-state index in [1.54, 1.807) is 31.5 Å². The molecular weight excluding hydrogens is 333 g/mol. The van der Waals surface area contributed by atoms with Crippen molar-refractivity contribution in [1.82, 2.24) is 9.88 Å². The molecule has 0 bridgehead atoms. The molecule has 0 unspecified atom stereocenters. The first-order valence-electron chi connectivity index (χ1n) is 7.95. The minimum Gasteiger partial charge on any atom is -0.497 e. The van der Waals surface area contributed by atoms with Gasteiger partial charge in [0.15, 0.2) is 0 Å². The molecule has 134 valence electrons. The van der Waals surface area contributed by atoms with Crippen LogP contribution in [-0.2, 0) is 12.7 Å². The molecule has 0 radical (unpaired) electrons. The molecule has 0 amide bonds. The Morgan fingerprint density at radius 3 is 2.80 bits per heavy atom. The number of rotatable bonds is 4. The Labute approximate surface area is 143 Å². The summed E-state index contributed by atoms with van der Waals surface area (Å²) in [6.07, 6.45) is -2.94. The van der Waals surface area contributed by atoms with Gasteiger partial charge < -0.3 is 9.84 Å². The SMILES string of the molecule is COc1ccnc(CN2C[C@@H](O)C[C@H]2c2cccc(C(F)(F)F)c2)c1. The molecule has 1 aromatic carbocycles. The third-order valence-corrected chi connectivity index (χ3v) is 4.37. The van der Waals surface area contributed by atoms with E-state index in [0.29, 0.717) is 30.8 Å². The molecule has 0 aliphatic carbocycles. The summed E-state index contributed by atoms with van der Waals surface area (Å²) in [5.74, 6) is 0.667. The number of aliphatic hydroxyl groups excluding tert-OH is 1. The number of aliphatic hydroxyl groups is 1. The summed E-state index contributed by atoms with van der Waals surface area (Å²) >= 11 is 0. The van der Waals surface area contributed by atoms with E-state index in [1.165, 1.54) is 6.07 Å². The minimum absolute atomic E-state index is 0.287. The van der Waals surface area contributed by atoms with Crippen molar-refractivity contribution in [3.63, 3.8) is 0 Å². The van der Waals surface area contributed by atoms with Gasteiger partial charge in [0.25, 0.3) is 0 Å². The molecule has 0 saturated carbocycles. The Morgan fingerprint density at radius 2 is 2.08 bits per heavy atom. The van der Waals surface area contributed by atoms with Crippen LogP contribution in [0.25, 0.3) is 0 Å². The zero-order valence-corrected chi connectivity index (χ0v) is 13.7. The van der Waals surface area contributed by atoms with Gasteiger partial charge in [-0.1, -0.05) is 12.1 Å². The van der Waals surface area contributed by atoms with E-state index in [-0.39, 0.29) is 6.04 Å². The molecule has 1 aliphatic rings. The summed E-state index contributed by atoms with van der Waals surface area (Å²) in [5, 5.41) is 10.0. The van der Waals surface area contributed by atoms with Gasteiger partial charge in [0, 0.05) is 31.4 Å². The summed E-state index contributed by atoms with van der Waals surface area (Å²) in [6.45, 7) is 0.814. The fourth-order valence-electron chi connectivity index (χ4n) is 3.20. The fourth-order valence-corrected chi connectivity index (χ4v) is 3.20. The lowest BCUT2D eigenvalue weighted by molar-refractivity contribution is -0.137. The Kier molecular flexibility index (Phi) is 4.96. The van der Waals surface area contributed by atoms with Gasteiger partial charge in [0.05, 0.1) is 24.5 Å². The molecule has 1 aromatic heterocycles. The molecule has 2 atom stereocenters. The highest BCUT2D eigenvalue weighted by atomic mass is 19.4. The summed E-state index contributed by atoms with van der Waals surface area (Å²) < 4.78 is 44.1. The van der Waals surface area contributed by atoms with Crippen molar-refractivity contribution in [1.29, 1.82) is 0 Å². The second kappa shape index (κ2) is 7.01. The van der Waals surface area contributed by atoms with E-state index in [9.17, 15) is 18.3 Å². The topological polar surface area (TPSA) is 45.6 Å². The van der Waals surface area contributed by atoms with Crippen LogP contribution in [0.1, 0.15) is 29.3 Å². The summed E-state index contributed by atoms with van der Waals surface area (Å²) in [4.78, 5) is 6.22. The quantitative estimate of drug-likeness (QED) is 0.916. The molecule has 2 heterocycles. The minimum atomic E-state index is -4.38. The summed E-state index contributed by atoms with van der Waals surface area (Å²) in [6, 6.07) is 8.53. The van der Waals surface area contributed by atoms with Gasteiger partial charge in [-0.05, 0) is 30.2 Å². The second-order valence-corrected chi connectivity index (χ2v) is 6.14. The van der Waals surface area contributed by atoms with Crippen molar-refractivity contribution in [2.24, 2.45) is 0 Å². The number of benzene rings is 1. The maximum absolute atomic E-state index is 13.0. The van der Waals surface area contributed by atoms with Crippen molar-refractivity contribution in [3.8, 4) is 5.75 Å². The molecule has 2 aromatic rings. The van der Waals surface area contributed by atoms with Crippen LogP contribution in [0.4, 0.5) is 13.2 Å². The van der Waals surface area contributed by atoms with Crippen LogP contribution < -0.4 is 4.74 Å². The first-order valence-corrected chi connectivity index (χ1v) is 7.95. The van der Waals surface area contributed by atoms with Crippen molar-refractivity contribution in [3.05, 3.63) is 59.4 Å². The lowest BCUT2D eigenvalue weighted by atomic mass is 10.0. The first-order chi connectivity index (χ1) is 11.9. The number of β-amino-alcohol motifs (C(OH)–C–C–N with tert-alkyl or cyclic N) is 1. The van der Waals surface area contributed by atoms with E-state index >= 15 is 0 Å². The number of methoxy groups -OCH3 is 1. The number of hydrogen-bond donors (Lipinski definition) is 1. The lowest BCUT2D eigenvalue weighted by Gasteiger charge is -2.25. The standard InChI is InChI=1S/C18H19F3N2O2/c1-25-16-5-6-22-14(8-16)10-23-11-15(24)9-17(23)12-3-2-4-13(7-12)18(19,20)21/h2-8,15,17,24H,9-11H2,1H3/t15-,17-/m0/s1. The molecule has 1 aliphatic heterocycles. The number of hydrogen-bond acceptors (Lipinski definition) is 4. The van der Waals surface area contributed by atoms with Crippen LogP contribution in [-0.4, -0.2) is 34.7 Å². The van der Waals surface area contributed by atoms with E-state index in [2.05, 4.69) is 4.98 Å². The molecule has 1 N–H and O–H groups in total. The number of nitrogens with zero attached hydrogens (tertiary/aromatic N) is 2.